The van der Waals surface area contributed by atoms with Crippen LogP contribution in [0.3, 0.4) is 0 Å². The van der Waals surface area contributed by atoms with Crippen LogP contribution in [0.2, 0.25) is 0 Å². The number of thiophene rings is 2. The first-order chi connectivity index (χ1) is 9.15. The van der Waals surface area contributed by atoms with Gasteiger partial charge in [-0.05, 0) is 35.6 Å². The quantitative estimate of drug-likeness (QED) is 0.926. The molecule has 1 amide bonds. The Morgan fingerprint density at radius 2 is 2.00 bits per heavy atom. The summed E-state index contributed by atoms with van der Waals surface area (Å²) in [6.07, 6.45) is 0.885. The summed E-state index contributed by atoms with van der Waals surface area (Å²) in [4.78, 5) is 27.0. The Hall–Kier alpha value is -1.66. The van der Waals surface area contributed by atoms with Crippen LogP contribution < -0.4 is 0 Å². The van der Waals surface area contributed by atoms with Crippen LogP contribution in [0.5, 0.6) is 0 Å². The molecule has 0 bridgehead atoms. The van der Waals surface area contributed by atoms with Crippen molar-refractivity contribution < 1.29 is 14.7 Å². The number of hydrogen-bond donors (Lipinski definition) is 1. The maximum Gasteiger partial charge on any atom is 0.345 e. The van der Waals surface area contributed by atoms with E-state index in [-0.39, 0.29) is 10.8 Å². The summed E-state index contributed by atoms with van der Waals surface area (Å²) in [7, 11) is 0. The van der Waals surface area contributed by atoms with E-state index in [2.05, 4.69) is 6.07 Å². The largest absolute Gasteiger partial charge is 0.477 e. The van der Waals surface area contributed by atoms with Crippen molar-refractivity contribution in [2.24, 2.45) is 0 Å². The minimum atomic E-state index is -0.984. The Morgan fingerprint density at radius 3 is 2.74 bits per heavy atom. The standard InChI is InChI=1S/C13H11NO3S2/c15-12(10-1-2-11(19-10)13(16)17)14-5-3-9-8(7-14)4-6-18-9/h1-2,4,6H,3,5,7H2,(H,16,17). The number of carboxylic acid groups (broad SMARTS) is 1. The van der Waals surface area contributed by atoms with Crippen LogP contribution in [0.15, 0.2) is 23.6 Å². The van der Waals surface area contributed by atoms with Crippen molar-refractivity contribution in [3.63, 3.8) is 0 Å². The van der Waals surface area contributed by atoms with Gasteiger partial charge in [-0.25, -0.2) is 4.79 Å². The minimum absolute atomic E-state index is 0.0747. The molecule has 1 aliphatic rings. The molecule has 0 unspecified atom stereocenters. The highest BCUT2D eigenvalue weighted by Crippen LogP contribution is 2.26. The van der Waals surface area contributed by atoms with Gasteiger partial charge in [0.25, 0.3) is 5.91 Å². The summed E-state index contributed by atoms with van der Waals surface area (Å²) in [6.45, 7) is 1.32. The SMILES string of the molecule is O=C(O)c1ccc(C(=O)N2CCc3sccc3C2)s1. The lowest BCUT2D eigenvalue weighted by molar-refractivity contribution is 0.0701. The summed E-state index contributed by atoms with van der Waals surface area (Å²) < 4.78 is 0. The minimum Gasteiger partial charge on any atom is -0.477 e. The van der Waals surface area contributed by atoms with Crippen LogP contribution in [-0.4, -0.2) is 28.4 Å². The van der Waals surface area contributed by atoms with Crippen LogP contribution in [0.4, 0.5) is 0 Å². The average Bonchev–Trinajstić information content (AvgIpc) is 3.06. The average molecular weight is 293 g/mol. The van der Waals surface area contributed by atoms with E-state index in [0.717, 1.165) is 17.8 Å². The zero-order chi connectivity index (χ0) is 13.4. The molecule has 98 valence electrons. The van der Waals surface area contributed by atoms with E-state index < -0.39 is 5.97 Å². The van der Waals surface area contributed by atoms with Crippen LogP contribution in [0.25, 0.3) is 0 Å². The number of amides is 1. The Kier molecular flexibility index (Phi) is 3.12. The fourth-order valence-corrected chi connectivity index (χ4v) is 3.85. The summed E-state index contributed by atoms with van der Waals surface area (Å²) in [5.41, 5.74) is 1.21. The van der Waals surface area contributed by atoms with Crippen molar-refractivity contribution in [3.8, 4) is 0 Å². The van der Waals surface area contributed by atoms with Gasteiger partial charge in [-0.1, -0.05) is 0 Å². The maximum atomic E-state index is 12.3. The number of carboxylic acids is 1. The van der Waals surface area contributed by atoms with Gasteiger partial charge in [0.15, 0.2) is 0 Å². The van der Waals surface area contributed by atoms with Crippen molar-refractivity contribution in [2.45, 2.75) is 13.0 Å². The predicted octanol–water partition coefficient (Wildman–Crippen LogP) is 2.71. The molecule has 0 aliphatic carbocycles. The van der Waals surface area contributed by atoms with E-state index in [1.807, 2.05) is 5.38 Å². The lowest BCUT2D eigenvalue weighted by atomic mass is 10.1. The van der Waals surface area contributed by atoms with Gasteiger partial charge in [-0.3, -0.25) is 4.79 Å². The molecule has 2 aromatic heterocycles. The summed E-state index contributed by atoms with van der Waals surface area (Å²) in [5, 5.41) is 10.9. The number of hydrogen-bond acceptors (Lipinski definition) is 4. The topological polar surface area (TPSA) is 57.6 Å². The third-order valence-corrected chi connectivity index (χ3v) is 5.21. The number of nitrogens with zero attached hydrogens (tertiary/aromatic N) is 1. The maximum absolute atomic E-state index is 12.3. The van der Waals surface area contributed by atoms with Gasteiger partial charge in [0, 0.05) is 18.0 Å². The smallest absolute Gasteiger partial charge is 0.345 e. The highest BCUT2D eigenvalue weighted by atomic mass is 32.1. The van der Waals surface area contributed by atoms with E-state index in [9.17, 15) is 9.59 Å². The lowest BCUT2D eigenvalue weighted by Gasteiger charge is -2.26. The monoisotopic (exact) mass is 293 g/mol. The summed E-state index contributed by atoms with van der Waals surface area (Å²) >= 11 is 2.77. The molecule has 0 aromatic carbocycles. The van der Waals surface area contributed by atoms with E-state index >= 15 is 0 Å². The molecule has 0 saturated carbocycles. The molecule has 0 atom stereocenters. The molecule has 1 aliphatic heterocycles. The summed E-state index contributed by atoms with van der Waals surface area (Å²) in [6, 6.07) is 5.14. The zero-order valence-electron chi connectivity index (χ0n) is 9.96. The van der Waals surface area contributed by atoms with E-state index in [1.54, 1.807) is 22.3 Å². The first-order valence-electron chi connectivity index (χ1n) is 5.83. The van der Waals surface area contributed by atoms with Crippen molar-refractivity contribution in [1.82, 2.24) is 4.90 Å². The first-order valence-corrected chi connectivity index (χ1v) is 7.52. The third-order valence-electron chi connectivity index (χ3n) is 3.12. The van der Waals surface area contributed by atoms with Crippen molar-refractivity contribution in [2.75, 3.05) is 6.54 Å². The molecule has 6 heteroatoms. The normalized spacial score (nSPS) is 14.2. The highest BCUT2D eigenvalue weighted by Gasteiger charge is 2.24. The molecule has 4 nitrogen and oxygen atoms in total. The number of carbonyl (C=O) groups excluding carboxylic acids is 1. The molecule has 3 heterocycles. The molecular formula is C13H11NO3S2. The van der Waals surface area contributed by atoms with Crippen molar-refractivity contribution >= 4 is 34.6 Å². The fourth-order valence-electron chi connectivity index (χ4n) is 2.15. The number of carbonyl (C=O) groups is 2. The molecule has 3 rings (SSSR count). The molecule has 2 aromatic rings. The number of aromatic carboxylic acids is 1. The molecule has 0 radical (unpaired) electrons. The van der Waals surface area contributed by atoms with E-state index in [1.165, 1.54) is 16.5 Å². The molecule has 0 fully saturated rings. The van der Waals surface area contributed by atoms with E-state index in [4.69, 9.17) is 5.11 Å². The Morgan fingerprint density at radius 1 is 1.21 bits per heavy atom. The van der Waals surface area contributed by atoms with Gasteiger partial charge >= 0.3 is 5.97 Å². The highest BCUT2D eigenvalue weighted by molar-refractivity contribution is 7.15. The number of fused-ring (bicyclic) bond motifs is 1. The van der Waals surface area contributed by atoms with Gasteiger partial charge in [0.2, 0.25) is 0 Å². The second-order valence-electron chi connectivity index (χ2n) is 4.31. The van der Waals surface area contributed by atoms with Crippen LogP contribution in [0.1, 0.15) is 29.8 Å². The second-order valence-corrected chi connectivity index (χ2v) is 6.40. The lowest BCUT2D eigenvalue weighted by Crippen LogP contribution is -2.34. The molecule has 0 spiro atoms. The molecule has 19 heavy (non-hydrogen) atoms. The van der Waals surface area contributed by atoms with Gasteiger partial charge < -0.3 is 10.0 Å². The van der Waals surface area contributed by atoms with Gasteiger partial charge in [0.1, 0.15) is 4.88 Å². The summed E-state index contributed by atoms with van der Waals surface area (Å²) in [5.74, 6) is -1.06. The van der Waals surface area contributed by atoms with Gasteiger partial charge in [-0.2, -0.15) is 0 Å². The molecule has 0 saturated heterocycles. The van der Waals surface area contributed by atoms with E-state index in [0.29, 0.717) is 18.0 Å². The van der Waals surface area contributed by atoms with Crippen LogP contribution in [0, 0.1) is 0 Å². The second kappa shape index (κ2) is 4.79. The van der Waals surface area contributed by atoms with Gasteiger partial charge in [-0.15, -0.1) is 22.7 Å². The van der Waals surface area contributed by atoms with Crippen molar-refractivity contribution in [3.05, 3.63) is 43.8 Å². The number of rotatable bonds is 2. The van der Waals surface area contributed by atoms with Crippen LogP contribution in [-0.2, 0) is 13.0 Å². The Labute approximate surface area is 117 Å². The van der Waals surface area contributed by atoms with Crippen LogP contribution >= 0.6 is 22.7 Å². The first kappa shape index (κ1) is 12.4. The molecular weight excluding hydrogens is 282 g/mol. The Balaban J connectivity index is 1.79. The third kappa shape index (κ3) is 2.29. The predicted molar refractivity (Wildman–Crippen MR) is 74.0 cm³/mol. The zero-order valence-corrected chi connectivity index (χ0v) is 11.6. The fraction of sp³-hybridized carbons (Fsp3) is 0.231. The Bertz CT molecular complexity index is 644. The van der Waals surface area contributed by atoms with Gasteiger partial charge in [0.05, 0.1) is 4.88 Å². The molecule has 1 N–H and O–H groups in total. The van der Waals surface area contributed by atoms with Crippen molar-refractivity contribution in [1.29, 1.82) is 0 Å².